The zero-order valence-electron chi connectivity index (χ0n) is 12.5. The van der Waals surface area contributed by atoms with Crippen LogP contribution in [0.2, 0.25) is 0 Å². The number of nitrogens with one attached hydrogen (secondary N) is 1. The van der Waals surface area contributed by atoms with E-state index in [0.717, 1.165) is 31.7 Å². The van der Waals surface area contributed by atoms with Crippen LogP contribution in [0.3, 0.4) is 0 Å². The molecule has 0 aromatic heterocycles. The predicted octanol–water partition coefficient (Wildman–Crippen LogP) is 4.10. The van der Waals surface area contributed by atoms with Crippen molar-refractivity contribution in [2.75, 3.05) is 13.2 Å². The molecule has 0 spiro atoms. The zero-order valence-corrected chi connectivity index (χ0v) is 12.5. The molecule has 0 amide bonds. The van der Waals surface area contributed by atoms with Crippen molar-refractivity contribution >= 4 is 0 Å². The van der Waals surface area contributed by atoms with E-state index < -0.39 is 0 Å². The van der Waals surface area contributed by atoms with Crippen molar-refractivity contribution in [3.05, 3.63) is 29.3 Å². The largest absolute Gasteiger partial charge is 0.493 e. The van der Waals surface area contributed by atoms with Gasteiger partial charge in [0.2, 0.25) is 0 Å². The Labute approximate surface area is 117 Å². The number of hydrogen-bond acceptors (Lipinski definition) is 2. The van der Waals surface area contributed by atoms with Gasteiger partial charge in [0.1, 0.15) is 5.75 Å². The Balaban J connectivity index is 2.24. The van der Waals surface area contributed by atoms with Gasteiger partial charge in [-0.25, -0.2) is 0 Å². The first kappa shape index (κ1) is 14.4. The number of ether oxygens (including phenoxy) is 1. The number of hydrogen-bond donors (Lipinski definition) is 1. The van der Waals surface area contributed by atoms with Crippen LogP contribution in [-0.2, 0) is 6.42 Å². The van der Waals surface area contributed by atoms with Gasteiger partial charge in [-0.1, -0.05) is 39.0 Å². The molecule has 1 unspecified atom stereocenters. The van der Waals surface area contributed by atoms with E-state index in [-0.39, 0.29) is 0 Å². The second kappa shape index (κ2) is 6.95. The Kier molecular flexibility index (Phi) is 5.26. The third-order valence-corrected chi connectivity index (χ3v) is 3.69. The summed E-state index contributed by atoms with van der Waals surface area (Å²) < 4.78 is 5.96. The van der Waals surface area contributed by atoms with E-state index >= 15 is 0 Å². The van der Waals surface area contributed by atoms with Gasteiger partial charge in [0.05, 0.1) is 6.61 Å². The molecule has 106 valence electrons. The smallest absolute Gasteiger partial charge is 0.127 e. The van der Waals surface area contributed by atoms with Crippen LogP contribution in [0, 0.1) is 5.92 Å². The summed E-state index contributed by atoms with van der Waals surface area (Å²) in [6, 6.07) is 7.06. The molecule has 1 aliphatic heterocycles. The molecule has 2 heteroatoms. The standard InChI is InChI=1S/C17H27NO/c1-4-10-18-16(12-13(2)3)15-9-5-7-14-8-6-11-19-17(14)15/h5,7,9,13,16,18H,4,6,8,10-12H2,1-3H3. The van der Waals surface area contributed by atoms with Crippen LogP contribution in [0.4, 0.5) is 0 Å². The molecule has 2 nitrogen and oxygen atoms in total. The highest BCUT2D eigenvalue weighted by Crippen LogP contribution is 2.35. The van der Waals surface area contributed by atoms with E-state index in [2.05, 4.69) is 44.3 Å². The third-order valence-electron chi connectivity index (χ3n) is 3.69. The number of benzene rings is 1. The van der Waals surface area contributed by atoms with Crippen LogP contribution in [-0.4, -0.2) is 13.2 Å². The van der Waals surface area contributed by atoms with Crippen molar-refractivity contribution in [1.82, 2.24) is 5.32 Å². The molecule has 0 bridgehead atoms. The van der Waals surface area contributed by atoms with Gasteiger partial charge in [0, 0.05) is 11.6 Å². The average Bonchev–Trinajstić information content (AvgIpc) is 2.42. The van der Waals surface area contributed by atoms with Gasteiger partial charge in [-0.15, -0.1) is 0 Å². The summed E-state index contributed by atoms with van der Waals surface area (Å²) in [4.78, 5) is 0. The minimum absolute atomic E-state index is 0.424. The summed E-state index contributed by atoms with van der Waals surface area (Å²) in [7, 11) is 0. The highest BCUT2D eigenvalue weighted by Gasteiger charge is 2.21. The monoisotopic (exact) mass is 261 g/mol. The van der Waals surface area contributed by atoms with E-state index in [9.17, 15) is 0 Å². The van der Waals surface area contributed by atoms with Crippen molar-refractivity contribution in [2.24, 2.45) is 5.92 Å². The van der Waals surface area contributed by atoms with Gasteiger partial charge < -0.3 is 10.1 Å². The van der Waals surface area contributed by atoms with Crippen LogP contribution >= 0.6 is 0 Å². The molecule has 1 aromatic carbocycles. The molecule has 0 aliphatic carbocycles. The van der Waals surface area contributed by atoms with Crippen LogP contribution in [0.1, 0.15) is 57.2 Å². The van der Waals surface area contributed by atoms with Crippen LogP contribution < -0.4 is 10.1 Å². The van der Waals surface area contributed by atoms with Gasteiger partial charge in [-0.2, -0.15) is 0 Å². The summed E-state index contributed by atoms with van der Waals surface area (Å²) in [6.07, 6.45) is 4.64. The van der Waals surface area contributed by atoms with Gasteiger partial charge in [0.25, 0.3) is 0 Å². The number of aryl methyl sites for hydroxylation is 1. The van der Waals surface area contributed by atoms with Crippen LogP contribution in [0.5, 0.6) is 5.75 Å². The number of rotatable bonds is 6. The van der Waals surface area contributed by atoms with Gasteiger partial charge in [-0.3, -0.25) is 0 Å². The molecule has 0 saturated carbocycles. The fraction of sp³-hybridized carbons (Fsp3) is 0.647. The normalized spacial score (nSPS) is 16.0. The minimum Gasteiger partial charge on any atom is -0.493 e. The maximum Gasteiger partial charge on any atom is 0.127 e. The van der Waals surface area contributed by atoms with E-state index in [1.54, 1.807) is 0 Å². The zero-order chi connectivity index (χ0) is 13.7. The lowest BCUT2D eigenvalue weighted by atomic mass is 9.93. The molecule has 1 atom stereocenters. The molecule has 0 radical (unpaired) electrons. The fourth-order valence-electron chi connectivity index (χ4n) is 2.80. The highest BCUT2D eigenvalue weighted by molar-refractivity contribution is 5.44. The molecule has 1 aromatic rings. The summed E-state index contributed by atoms with van der Waals surface area (Å²) in [5.41, 5.74) is 2.75. The fourth-order valence-corrected chi connectivity index (χ4v) is 2.80. The molecule has 1 N–H and O–H groups in total. The topological polar surface area (TPSA) is 21.3 Å². The molecule has 0 saturated heterocycles. The maximum absolute atomic E-state index is 5.96. The number of para-hydroxylation sites is 1. The first-order valence-electron chi connectivity index (χ1n) is 7.70. The Bertz CT molecular complexity index is 400. The summed E-state index contributed by atoms with van der Waals surface area (Å²) in [6.45, 7) is 8.73. The molecule has 1 heterocycles. The van der Waals surface area contributed by atoms with E-state index in [1.165, 1.54) is 24.0 Å². The Hall–Kier alpha value is -1.02. The summed E-state index contributed by atoms with van der Waals surface area (Å²) >= 11 is 0. The lowest BCUT2D eigenvalue weighted by molar-refractivity contribution is 0.279. The first-order valence-corrected chi connectivity index (χ1v) is 7.70. The summed E-state index contributed by atoms with van der Waals surface area (Å²) in [5.74, 6) is 1.84. The Morgan fingerprint density at radius 3 is 2.89 bits per heavy atom. The van der Waals surface area contributed by atoms with Gasteiger partial charge in [-0.05, 0) is 43.7 Å². The van der Waals surface area contributed by atoms with Gasteiger partial charge >= 0.3 is 0 Å². The van der Waals surface area contributed by atoms with Crippen LogP contribution in [0.15, 0.2) is 18.2 Å². The van der Waals surface area contributed by atoms with Crippen molar-refractivity contribution in [1.29, 1.82) is 0 Å². The molecule has 0 fully saturated rings. The molecular weight excluding hydrogens is 234 g/mol. The molecule has 1 aliphatic rings. The van der Waals surface area contributed by atoms with E-state index in [4.69, 9.17) is 4.74 Å². The molecule has 19 heavy (non-hydrogen) atoms. The lowest BCUT2D eigenvalue weighted by Gasteiger charge is -2.27. The third kappa shape index (κ3) is 3.73. The quantitative estimate of drug-likeness (QED) is 0.832. The van der Waals surface area contributed by atoms with Gasteiger partial charge in [0.15, 0.2) is 0 Å². The molecular formula is C17H27NO. The Morgan fingerprint density at radius 1 is 1.32 bits per heavy atom. The first-order chi connectivity index (χ1) is 9.22. The lowest BCUT2D eigenvalue weighted by Crippen LogP contribution is -2.25. The van der Waals surface area contributed by atoms with E-state index in [1.807, 2.05) is 0 Å². The Morgan fingerprint density at radius 2 is 2.16 bits per heavy atom. The number of fused-ring (bicyclic) bond motifs is 1. The second-order valence-electron chi connectivity index (χ2n) is 5.92. The average molecular weight is 261 g/mol. The molecule has 2 rings (SSSR count). The van der Waals surface area contributed by atoms with Crippen molar-refractivity contribution in [2.45, 2.75) is 52.5 Å². The predicted molar refractivity (Wildman–Crippen MR) is 80.7 cm³/mol. The maximum atomic E-state index is 5.96. The van der Waals surface area contributed by atoms with Crippen LogP contribution in [0.25, 0.3) is 0 Å². The summed E-state index contributed by atoms with van der Waals surface area (Å²) in [5, 5.41) is 3.69. The van der Waals surface area contributed by atoms with Crippen molar-refractivity contribution in [3.8, 4) is 5.75 Å². The van der Waals surface area contributed by atoms with E-state index in [0.29, 0.717) is 12.0 Å². The SMILES string of the molecule is CCCNC(CC(C)C)c1cccc2c1OCCC2. The van der Waals surface area contributed by atoms with Crippen molar-refractivity contribution < 1.29 is 4.74 Å². The highest BCUT2D eigenvalue weighted by atomic mass is 16.5. The van der Waals surface area contributed by atoms with Crippen molar-refractivity contribution in [3.63, 3.8) is 0 Å². The second-order valence-corrected chi connectivity index (χ2v) is 5.92. The minimum atomic E-state index is 0.424.